The zero-order valence-electron chi connectivity index (χ0n) is 37.8. The van der Waals surface area contributed by atoms with E-state index in [1.807, 2.05) is 72.8 Å². The fourth-order valence-corrected chi connectivity index (χ4v) is 9.77. The Bertz CT molecular complexity index is 1740. The molecule has 2 bridgehead atoms. The van der Waals surface area contributed by atoms with Crippen LogP contribution in [0.5, 0.6) is 11.5 Å². The van der Waals surface area contributed by atoms with E-state index in [1.54, 1.807) is 21.3 Å². The van der Waals surface area contributed by atoms with Crippen molar-refractivity contribution in [2.45, 2.75) is 109 Å². The summed E-state index contributed by atoms with van der Waals surface area (Å²) in [5.74, 6) is 1.45. The number of allylic oxidation sites excluding steroid dienone is 2. The van der Waals surface area contributed by atoms with Crippen LogP contribution in [0.25, 0.3) is 0 Å². The van der Waals surface area contributed by atoms with Crippen LogP contribution >= 0.6 is 0 Å². The van der Waals surface area contributed by atoms with Crippen LogP contribution in [0.15, 0.2) is 103 Å². The first-order chi connectivity index (χ1) is 28.8. The summed E-state index contributed by atoms with van der Waals surface area (Å²) in [5.41, 5.74) is 3.33. The van der Waals surface area contributed by atoms with Crippen LogP contribution in [0.2, 0.25) is 25.7 Å². The number of hydrogen-bond acceptors (Lipinski definition) is 9. The van der Waals surface area contributed by atoms with Crippen molar-refractivity contribution >= 4 is 8.07 Å². The minimum atomic E-state index is -1.31. The van der Waals surface area contributed by atoms with Crippen molar-refractivity contribution in [1.82, 2.24) is 0 Å². The molecule has 0 unspecified atom stereocenters. The standard InChI is InChI=1S/C50H72O9Si/c1-11-46(56-32-40-19-25-43(53-7)26-20-40)50(59-33-38-15-13-12-14-16-38,34-55-31-39-17-23-42(52-6)24-18-39)44-27-21-41-22-28-45(49(41,3)4)48(57-35-51-5)47(37(44)2)58-36-54-29-30-60(8,9)10/h11-21,23-26,37,44-48H,1,22,27-36H2,2-10H3/b41-21+/t37-,44+,45-,46-,47-,48-,50-/m1/s1. The Kier molecular flexibility index (Phi) is 18.0. The summed E-state index contributed by atoms with van der Waals surface area (Å²) in [6, 6.07) is 27.3. The molecule has 9 nitrogen and oxygen atoms in total. The normalized spacial score (nSPS) is 23.9. The molecule has 0 aromatic heterocycles. The second kappa shape index (κ2) is 22.7. The van der Waals surface area contributed by atoms with Crippen LogP contribution in [0.1, 0.15) is 56.7 Å². The van der Waals surface area contributed by atoms with Crippen LogP contribution in [0, 0.1) is 23.2 Å². The first-order valence-corrected chi connectivity index (χ1v) is 25.3. The average molecular weight is 845 g/mol. The van der Waals surface area contributed by atoms with Gasteiger partial charge in [-0.05, 0) is 83.5 Å². The molecule has 10 heteroatoms. The summed E-state index contributed by atoms with van der Waals surface area (Å²) in [6.45, 7) is 20.7. The highest BCUT2D eigenvalue weighted by atomic mass is 28.3. The van der Waals surface area contributed by atoms with Gasteiger partial charge in [0, 0.05) is 27.7 Å². The summed E-state index contributed by atoms with van der Waals surface area (Å²) in [4.78, 5) is 0. The van der Waals surface area contributed by atoms with Gasteiger partial charge in [0.15, 0.2) is 0 Å². The van der Waals surface area contributed by atoms with E-state index in [1.165, 1.54) is 5.57 Å². The summed E-state index contributed by atoms with van der Waals surface area (Å²) in [7, 11) is 3.72. The highest BCUT2D eigenvalue weighted by Gasteiger charge is 2.55. The zero-order chi connectivity index (χ0) is 43.2. The van der Waals surface area contributed by atoms with E-state index in [0.717, 1.165) is 47.1 Å². The molecule has 330 valence electrons. The van der Waals surface area contributed by atoms with Crippen molar-refractivity contribution in [3.63, 3.8) is 0 Å². The number of hydrogen-bond donors (Lipinski definition) is 0. The van der Waals surface area contributed by atoms with Gasteiger partial charge >= 0.3 is 0 Å². The summed E-state index contributed by atoms with van der Waals surface area (Å²) >= 11 is 0. The molecule has 2 aliphatic rings. The molecule has 0 aliphatic heterocycles. The van der Waals surface area contributed by atoms with Crippen LogP contribution in [-0.2, 0) is 53.0 Å². The third-order valence-corrected chi connectivity index (χ3v) is 14.4. The lowest BCUT2D eigenvalue weighted by molar-refractivity contribution is -0.237. The maximum atomic E-state index is 7.45. The molecule has 1 saturated carbocycles. The maximum absolute atomic E-state index is 7.45. The van der Waals surface area contributed by atoms with E-state index in [2.05, 4.69) is 65.2 Å². The van der Waals surface area contributed by atoms with Crippen molar-refractivity contribution in [3.8, 4) is 11.5 Å². The van der Waals surface area contributed by atoms with Crippen molar-refractivity contribution in [1.29, 1.82) is 0 Å². The van der Waals surface area contributed by atoms with Crippen LogP contribution in [0.4, 0.5) is 0 Å². The van der Waals surface area contributed by atoms with Crippen molar-refractivity contribution in [2.75, 3.05) is 48.1 Å². The SMILES string of the molecule is C=C[C@@H](OCc1ccc(OC)cc1)[C@](COCc1ccc(OC)cc1)(OCc1ccccc1)[C@H]1C/C=C2\CC[C@H]([C@@H](OCOC)[C@H](OCOCC[Si](C)(C)C)[C@@H]1C)C2(C)C. The minimum absolute atomic E-state index is 0.131. The highest BCUT2D eigenvalue weighted by molar-refractivity contribution is 6.76. The summed E-state index contributed by atoms with van der Waals surface area (Å²) < 4.78 is 57.9. The zero-order valence-corrected chi connectivity index (χ0v) is 38.8. The van der Waals surface area contributed by atoms with E-state index in [4.69, 9.17) is 42.6 Å². The highest BCUT2D eigenvalue weighted by Crippen LogP contribution is 2.54. The van der Waals surface area contributed by atoms with Gasteiger partial charge in [0.05, 0.1) is 52.9 Å². The first kappa shape index (κ1) is 47.7. The smallest absolute Gasteiger partial charge is 0.147 e. The van der Waals surface area contributed by atoms with Crippen molar-refractivity contribution in [3.05, 3.63) is 120 Å². The largest absolute Gasteiger partial charge is 0.497 e. The molecule has 3 aromatic carbocycles. The topological polar surface area (TPSA) is 83.1 Å². The van der Waals surface area contributed by atoms with E-state index >= 15 is 0 Å². The molecule has 60 heavy (non-hydrogen) atoms. The van der Waals surface area contributed by atoms with Gasteiger partial charge in [-0.25, -0.2) is 0 Å². The molecule has 5 rings (SSSR count). The molecule has 0 spiro atoms. The van der Waals surface area contributed by atoms with E-state index in [9.17, 15) is 0 Å². The number of benzene rings is 3. The molecule has 0 amide bonds. The lowest BCUT2D eigenvalue weighted by atomic mass is 9.69. The van der Waals surface area contributed by atoms with E-state index in [0.29, 0.717) is 32.8 Å². The van der Waals surface area contributed by atoms with Crippen LogP contribution in [-0.4, -0.2) is 80.1 Å². The molecule has 0 saturated heterocycles. The molecular formula is C50H72O9Si. The Morgan fingerprint density at radius 1 is 0.783 bits per heavy atom. The van der Waals surface area contributed by atoms with Crippen LogP contribution in [0.3, 0.4) is 0 Å². The number of rotatable bonds is 24. The Balaban J connectivity index is 1.62. The van der Waals surface area contributed by atoms with Crippen LogP contribution < -0.4 is 9.47 Å². The second-order valence-electron chi connectivity index (χ2n) is 18.2. The lowest BCUT2D eigenvalue weighted by Gasteiger charge is -2.49. The van der Waals surface area contributed by atoms with Gasteiger partial charge in [0.2, 0.25) is 0 Å². The van der Waals surface area contributed by atoms with Gasteiger partial charge in [-0.3, -0.25) is 0 Å². The molecule has 1 fully saturated rings. The van der Waals surface area contributed by atoms with Gasteiger partial charge in [0.25, 0.3) is 0 Å². The molecule has 0 heterocycles. The Morgan fingerprint density at radius 3 is 2.00 bits per heavy atom. The van der Waals surface area contributed by atoms with Crippen molar-refractivity contribution in [2.24, 2.45) is 23.2 Å². The van der Waals surface area contributed by atoms with E-state index < -0.39 is 19.8 Å². The third-order valence-electron chi connectivity index (χ3n) is 12.7. The Labute approximate surface area is 361 Å². The molecule has 0 radical (unpaired) electrons. The minimum Gasteiger partial charge on any atom is -0.497 e. The van der Waals surface area contributed by atoms with Crippen molar-refractivity contribution < 1.29 is 42.6 Å². The summed E-state index contributed by atoms with van der Waals surface area (Å²) in [5, 5.41) is 0. The molecule has 0 N–H and O–H groups in total. The lowest BCUT2D eigenvalue weighted by Crippen LogP contribution is -2.59. The van der Waals surface area contributed by atoms with Gasteiger partial charge in [-0.2, -0.15) is 0 Å². The summed E-state index contributed by atoms with van der Waals surface area (Å²) in [6.07, 6.45) is 5.80. The number of methoxy groups -OCH3 is 3. The fraction of sp³-hybridized carbons (Fsp3) is 0.560. The Hall–Kier alpha value is -3.32. The number of fused-ring (bicyclic) bond motifs is 2. The third kappa shape index (κ3) is 12.6. The molecule has 7 atom stereocenters. The first-order valence-electron chi connectivity index (χ1n) is 21.6. The average Bonchev–Trinajstić information content (AvgIpc) is 3.55. The van der Waals surface area contributed by atoms with Gasteiger partial charge < -0.3 is 42.6 Å². The second-order valence-corrected chi connectivity index (χ2v) is 23.8. The monoisotopic (exact) mass is 844 g/mol. The predicted octanol–water partition coefficient (Wildman–Crippen LogP) is 10.7. The Morgan fingerprint density at radius 2 is 1.40 bits per heavy atom. The predicted molar refractivity (Wildman–Crippen MR) is 241 cm³/mol. The number of ether oxygens (including phenoxy) is 9. The fourth-order valence-electron chi connectivity index (χ4n) is 9.02. The quantitative estimate of drug-likeness (QED) is 0.0379. The van der Waals surface area contributed by atoms with Gasteiger partial charge in [-0.15, -0.1) is 6.58 Å². The maximum Gasteiger partial charge on any atom is 0.147 e. The van der Waals surface area contributed by atoms with Gasteiger partial charge in [0.1, 0.15) is 36.8 Å². The molecule has 2 aliphatic carbocycles. The molecular weight excluding hydrogens is 773 g/mol. The molecule has 3 aromatic rings. The van der Waals surface area contributed by atoms with E-state index in [-0.39, 0.29) is 55.6 Å². The van der Waals surface area contributed by atoms with Gasteiger partial charge in [-0.1, -0.05) is 113 Å².